The normalized spacial score (nSPS) is 21.7. The molecule has 6 heteroatoms. The number of hydrogen-bond acceptors (Lipinski definition) is 5. The number of nitrogens with zero attached hydrogens (tertiary/aromatic N) is 2. The predicted molar refractivity (Wildman–Crippen MR) is 122 cm³/mol. The minimum Gasteiger partial charge on any atom is -0.378 e. The summed E-state index contributed by atoms with van der Waals surface area (Å²) in [5.41, 5.74) is 5.51. The van der Waals surface area contributed by atoms with Crippen LogP contribution < -0.4 is 10.2 Å². The van der Waals surface area contributed by atoms with E-state index in [4.69, 9.17) is 4.74 Å². The Balaban J connectivity index is 1.76. The summed E-state index contributed by atoms with van der Waals surface area (Å²) in [5, 5.41) is 3.42. The van der Waals surface area contributed by atoms with E-state index < -0.39 is 0 Å². The maximum Gasteiger partial charge on any atom is 0.252 e. The Labute approximate surface area is 184 Å². The molecule has 1 saturated heterocycles. The van der Waals surface area contributed by atoms with E-state index in [2.05, 4.69) is 48.3 Å². The van der Waals surface area contributed by atoms with Gasteiger partial charge in [0.15, 0.2) is 5.78 Å². The number of rotatable bonds is 5. The number of ether oxygens (including phenoxy) is 1. The summed E-state index contributed by atoms with van der Waals surface area (Å²) in [6.45, 7) is 10.4. The van der Waals surface area contributed by atoms with E-state index in [1.165, 1.54) is 0 Å². The van der Waals surface area contributed by atoms with E-state index in [1.807, 2.05) is 11.8 Å². The van der Waals surface area contributed by atoms with E-state index in [9.17, 15) is 9.59 Å². The van der Waals surface area contributed by atoms with Crippen LogP contribution in [0.1, 0.15) is 51.5 Å². The van der Waals surface area contributed by atoms with Crippen LogP contribution in [0.5, 0.6) is 0 Å². The van der Waals surface area contributed by atoms with Crippen molar-refractivity contribution in [1.29, 1.82) is 0 Å². The SMILES string of the molecule is CCN(CC)c1ccc([C@H]2C(C(=O)N3CCOCC3)=C(C)NC3=C2C(=O)CCC3)cc1. The zero-order chi connectivity index (χ0) is 22.0. The number of benzene rings is 1. The number of dihydropyridines is 1. The van der Waals surface area contributed by atoms with Gasteiger partial charge in [0.2, 0.25) is 0 Å². The molecule has 6 nitrogen and oxygen atoms in total. The van der Waals surface area contributed by atoms with E-state index in [1.54, 1.807) is 0 Å². The van der Waals surface area contributed by atoms with Crippen LogP contribution in [0.2, 0.25) is 0 Å². The molecule has 166 valence electrons. The molecule has 1 atom stereocenters. The lowest BCUT2D eigenvalue weighted by Gasteiger charge is -2.37. The number of carbonyl (C=O) groups is 2. The summed E-state index contributed by atoms with van der Waals surface area (Å²) >= 11 is 0. The van der Waals surface area contributed by atoms with Gasteiger partial charge in [0.05, 0.1) is 13.2 Å². The molecule has 1 aromatic rings. The minimum absolute atomic E-state index is 0.0102. The monoisotopic (exact) mass is 423 g/mol. The second kappa shape index (κ2) is 9.27. The molecule has 1 N–H and O–H groups in total. The third-order valence-corrected chi connectivity index (χ3v) is 6.66. The molecule has 1 amide bonds. The average molecular weight is 424 g/mol. The zero-order valence-corrected chi connectivity index (χ0v) is 18.9. The summed E-state index contributed by atoms with van der Waals surface area (Å²) in [4.78, 5) is 30.8. The Morgan fingerprint density at radius 3 is 2.45 bits per heavy atom. The van der Waals surface area contributed by atoms with Crippen LogP contribution in [0.3, 0.4) is 0 Å². The van der Waals surface area contributed by atoms with E-state index >= 15 is 0 Å². The number of nitrogens with one attached hydrogen (secondary N) is 1. The first-order valence-electron chi connectivity index (χ1n) is 11.5. The molecule has 1 aliphatic carbocycles. The largest absolute Gasteiger partial charge is 0.378 e. The molecule has 2 heterocycles. The fraction of sp³-hybridized carbons (Fsp3) is 0.520. The highest BCUT2D eigenvalue weighted by Crippen LogP contribution is 2.43. The van der Waals surface area contributed by atoms with Crippen LogP contribution in [-0.4, -0.2) is 56.0 Å². The standard InChI is InChI=1S/C25H33N3O3/c1-4-27(5-2)19-11-9-18(10-12-19)23-22(25(30)28-13-15-31-16-14-28)17(3)26-20-7-6-8-21(29)24(20)23/h9-12,23,26H,4-8,13-16H2,1-3H3/t23-/m0/s1. The molecular weight excluding hydrogens is 390 g/mol. The Hall–Kier alpha value is -2.60. The number of allylic oxidation sites excluding steroid dienone is 3. The highest BCUT2D eigenvalue weighted by molar-refractivity contribution is 6.05. The van der Waals surface area contributed by atoms with Crippen LogP contribution in [0.4, 0.5) is 5.69 Å². The van der Waals surface area contributed by atoms with E-state index in [-0.39, 0.29) is 17.6 Å². The second-order valence-electron chi connectivity index (χ2n) is 8.43. The Morgan fingerprint density at radius 1 is 1.13 bits per heavy atom. The lowest BCUT2D eigenvalue weighted by Crippen LogP contribution is -2.44. The van der Waals surface area contributed by atoms with Crippen molar-refractivity contribution in [3.8, 4) is 0 Å². The van der Waals surface area contributed by atoms with E-state index in [0.717, 1.165) is 54.1 Å². The number of hydrogen-bond donors (Lipinski definition) is 1. The highest BCUT2D eigenvalue weighted by atomic mass is 16.5. The lowest BCUT2D eigenvalue weighted by atomic mass is 9.75. The van der Waals surface area contributed by atoms with Crippen molar-refractivity contribution in [2.24, 2.45) is 0 Å². The van der Waals surface area contributed by atoms with Crippen LogP contribution in [-0.2, 0) is 14.3 Å². The summed E-state index contributed by atoms with van der Waals surface area (Å²) < 4.78 is 5.44. The van der Waals surface area contributed by atoms with Crippen LogP contribution in [0.15, 0.2) is 46.8 Å². The first-order chi connectivity index (χ1) is 15.0. The van der Waals surface area contributed by atoms with Crippen LogP contribution in [0, 0.1) is 0 Å². The number of amides is 1. The van der Waals surface area contributed by atoms with Gasteiger partial charge in [-0.05, 0) is 51.3 Å². The van der Waals surface area contributed by atoms with Crippen LogP contribution >= 0.6 is 0 Å². The van der Waals surface area contributed by atoms with Gasteiger partial charge in [-0.1, -0.05) is 12.1 Å². The predicted octanol–water partition coefficient (Wildman–Crippen LogP) is 3.36. The van der Waals surface area contributed by atoms with Gasteiger partial charge < -0.3 is 19.9 Å². The minimum atomic E-state index is -0.315. The summed E-state index contributed by atoms with van der Waals surface area (Å²) in [7, 11) is 0. The molecule has 0 radical (unpaired) electrons. The van der Waals surface area contributed by atoms with Gasteiger partial charge in [-0.2, -0.15) is 0 Å². The summed E-state index contributed by atoms with van der Waals surface area (Å²) in [5.74, 6) is -0.146. The maximum absolute atomic E-state index is 13.6. The summed E-state index contributed by atoms with van der Waals surface area (Å²) in [6, 6.07) is 8.42. The number of anilines is 1. The van der Waals surface area contributed by atoms with Crippen molar-refractivity contribution in [2.75, 3.05) is 44.3 Å². The number of ketones is 1. The van der Waals surface area contributed by atoms with Crippen molar-refractivity contribution in [3.05, 3.63) is 52.4 Å². The third kappa shape index (κ3) is 4.13. The topological polar surface area (TPSA) is 61.9 Å². The van der Waals surface area contributed by atoms with Crippen molar-refractivity contribution in [1.82, 2.24) is 10.2 Å². The van der Waals surface area contributed by atoms with E-state index in [0.29, 0.717) is 38.3 Å². The van der Waals surface area contributed by atoms with Gasteiger partial charge in [-0.3, -0.25) is 9.59 Å². The van der Waals surface area contributed by atoms with Crippen molar-refractivity contribution >= 4 is 17.4 Å². The maximum atomic E-state index is 13.6. The number of carbonyl (C=O) groups excluding carboxylic acids is 2. The van der Waals surface area contributed by atoms with Crippen molar-refractivity contribution in [3.63, 3.8) is 0 Å². The smallest absolute Gasteiger partial charge is 0.252 e. The quantitative estimate of drug-likeness (QED) is 0.787. The number of Topliss-reactive ketones (excluding diaryl/α,β-unsaturated/α-hetero) is 1. The molecule has 1 fully saturated rings. The Bertz CT molecular complexity index is 906. The molecule has 1 aromatic carbocycles. The molecule has 3 aliphatic rings. The molecular formula is C25H33N3O3. The molecule has 0 unspecified atom stereocenters. The molecule has 0 bridgehead atoms. The van der Waals surface area contributed by atoms with Gasteiger partial charge in [-0.15, -0.1) is 0 Å². The molecule has 2 aliphatic heterocycles. The highest BCUT2D eigenvalue weighted by Gasteiger charge is 2.39. The Morgan fingerprint density at radius 2 is 1.81 bits per heavy atom. The fourth-order valence-electron chi connectivity index (χ4n) is 5.00. The number of morpholine rings is 1. The lowest BCUT2D eigenvalue weighted by molar-refractivity contribution is -0.131. The first kappa shape index (κ1) is 21.6. The Kier molecular flexibility index (Phi) is 6.46. The second-order valence-corrected chi connectivity index (χ2v) is 8.43. The first-order valence-corrected chi connectivity index (χ1v) is 11.5. The summed E-state index contributed by atoms with van der Waals surface area (Å²) in [6.07, 6.45) is 2.26. The van der Waals surface area contributed by atoms with Gasteiger partial charge in [-0.25, -0.2) is 0 Å². The third-order valence-electron chi connectivity index (χ3n) is 6.66. The molecule has 0 saturated carbocycles. The molecule has 31 heavy (non-hydrogen) atoms. The van der Waals surface area contributed by atoms with Gasteiger partial charge in [0, 0.05) is 66.7 Å². The van der Waals surface area contributed by atoms with Crippen LogP contribution in [0.25, 0.3) is 0 Å². The van der Waals surface area contributed by atoms with Gasteiger partial charge in [0.25, 0.3) is 5.91 Å². The fourth-order valence-corrected chi connectivity index (χ4v) is 5.00. The average Bonchev–Trinajstić information content (AvgIpc) is 2.80. The van der Waals surface area contributed by atoms with Crippen molar-refractivity contribution in [2.45, 2.75) is 46.0 Å². The molecule has 0 aromatic heterocycles. The molecule has 4 rings (SSSR count). The van der Waals surface area contributed by atoms with Gasteiger partial charge in [0.1, 0.15) is 0 Å². The molecule has 0 spiro atoms. The van der Waals surface area contributed by atoms with Gasteiger partial charge >= 0.3 is 0 Å². The van der Waals surface area contributed by atoms with Crippen molar-refractivity contribution < 1.29 is 14.3 Å². The zero-order valence-electron chi connectivity index (χ0n) is 18.9.